The minimum absolute atomic E-state index is 0.0133. The standard InChI is InChI=1S/C24H26F3N5O4/c1-13-30-19-8-20(34-3)21(36-11-17-10-32(2)22(33)12-35-17)7-18(19)23(31-13)29-9-14-4-15(24(25,26)27)6-16(28)5-14/h4-8,17H,9-12,28H2,1-3H3,(H,29,30,31). The van der Waals surface area contributed by atoms with E-state index in [2.05, 4.69) is 15.3 Å². The summed E-state index contributed by atoms with van der Waals surface area (Å²) >= 11 is 0. The molecule has 1 fully saturated rings. The summed E-state index contributed by atoms with van der Waals surface area (Å²) in [6.45, 7) is 2.32. The number of morpholine rings is 1. The Bertz CT molecular complexity index is 1280. The third kappa shape index (κ3) is 5.70. The van der Waals surface area contributed by atoms with Gasteiger partial charge in [-0.25, -0.2) is 9.97 Å². The zero-order valence-electron chi connectivity index (χ0n) is 20.0. The Kier molecular flexibility index (Phi) is 7.07. The van der Waals surface area contributed by atoms with Gasteiger partial charge in [-0.2, -0.15) is 13.2 Å². The summed E-state index contributed by atoms with van der Waals surface area (Å²) in [5.74, 6) is 1.64. The van der Waals surface area contributed by atoms with E-state index in [0.29, 0.717) is 46.2 Å². The highest BCUT2D eigenvalue weighted by molar-refractivity contribution is 5.91. The van der Waals surface area contributed by atoms with Gasteiger partial charge >= 0.3 is 6.18 Å². The van der Waals surface area contributed by atoms with Gasteiger partial charge in [0.15, 0.2) is 11.5 Å². The number of carbonyl (C=O) groups excluding carboxylic acids is 1. The zero-order valence-corrected chi connectivity index (χ0v) is 20.0. The number of nitrogen functional groups attached to an aromatic ring is 1. The van der Waals surface area contributed by atoms with Crippen molar-refractivity contribution in [2.24, 2.45) is 0 Å². The summed E-state index contributed by atoms with van der Waals surface area (Å²) in [6.07, 6.45) is -4.82. The quantitative estimate of drug-likeness (QED) is 0.470. The van der Waals surface area contributed by atoms with Crippen LogP contribution < -0.4 is 20.5 Å². The maximum atomic E-state index is 13.2. The van der Waals surface area contributed by atoms with Crippen molar-refractivity contribution >= 4 is 28.3 Å². The number of hydrogen-bond acceptors (Lipinski definition) is 8. The van der Waals surface area contributed by atoms with E-state index >= 15 is 0 Å². The molecule has 1 unspecified atom stereocenters. The number of rotatable bonds is 7. The first-order chi connectivity index (χ1) is 17.0. The Morgan fingerprint density at radius 2 is 1.97 bits per heavy atom. The average Bonchev–Trinajstić information content (AvgIpc) is 2.81. The monoisotopic (exact) mass is 505 g/mol. The van der Waals surface area contributed by atoms with Crippen molar-refractivity contribution in [2.75, 3.05) is 45.0 Å². The number of hydrogen-bond donors (Lipinski definition) is 2. The molecule has 0 radical (unpaired) electrons. The van der Waals surface area contributed by atoms with E-state index in [0.717, 1.165) is 12.1 Å². The fourth-order valence-corrected chi connectivity index (χ4v) is 3.87. The molecule has 1 amide bonds. The van der Waals surface area contributed by atoms with E-state index in [1.165, 1.54) is 13.2 Å². The van der Waals surface area contributed by atoms with Crippen LogP contribution in [0.5, 0.6) is 11.5 Å². The summed E-state index contributed by atoms with van der Waals surface area (Å²) in [5, 5.41) is 3.68. The minimum Gasteiger partial charge on any atom is -0.493 e. The second-order valence-electron chi connectivity index (χ2n) is 8.47. The molecule has 0 bridgehead atoms. The molecule has 1 aliphatic heterocycles. The number of nitrogens with one attached hydrogen (secondary N) is 1. The summed E-state index contributed by atoms with van der Waals surface area (Å²) in [6, 6.07) is 6.82. The number of fused-ring (bicyclic) bond motifs is 1. The van der Waals surface area contributed by atoms with E-state index in [1.807, 2.05) is 0 Å². The molecule has 3 aromatic rings. The molecule has 2 heterocycles. The van der Waals surface area contributed by atoms with Crippen LogP contribution in [0.1, 0.15) is 17.0 Å². The van der Waals surface area contributed by atoms with Gasteiger partial charge in [-0.3, -0.25) is 4.79 Å². The van der Waals surface area contributed by atoms with Crippen LogP contribution in [0, 0.1) is 6.92 Å². The Hall–Kier alpha value is -3.80. The SMILES string of the molecule is COc1cc2nc(C)nc(NCc3cc(N)cc(C(F)(F)F)c3)c2cc1OCC1CN(C)C(=O)CO1. The number of anilines is 2. The first kappa shape index (κ1) is 25.3. The van der Waals surface area contributed by atoms with Crippen molar-refractivity contribution in [3.8, 4) is 11.5 Å². The fraction of sp³-hybridized carbons (Fsp3) is 0.375. The van der Waals surface area contributed by atoms with Gasteiger partial charge in [0.2, 0.25) is 5.91 Å². The van der Waals surface area contributed by atoms with Gasteiger partial charge in [0.25, 0.3) is 0 Å². The van der Waals surface area contributed by atoms with Gasteiger partial charge in [-0.15, -0.1) is 0 Å². The smallest absolute Gasteiger partial charge is 0.416 e. The van der Waals surface area contributed by atoms with Crippen LogP contribution in [0.25, 0.3) is 10.9 Å². The molecular weight excluding hydrogens is 479 g/mol. The number of nitrogens with two attached hydrogens (primary N) is 1. The van der Waals surface area contributed by atoms with Gasteiger partial charge < -0.3 is 30.2 Å². The van der Waals surface area contributed by atoms with Gasteiger partial charge in [0, 0.05) is 37.3 Å². The number of aryl methyl sites for hydroxylation is 1. The maximum Gasteiger partial charge on any atom is 0.416 e. The summed E-state index contributed by atoms with van der Waals surface area (Å²) in [4.78, 5) is 22.1. The number of carbonyl (C=O) groups is 1. The number of amides is 1. The van der Waals surface area contributed by atoms with E-state index in [-0.39, 0.29) is 37.5 Å². The normalized spacial score (nSPS) is 16.3. The molecule has 1 aliphatic rings. The van der Waals surface area contributed by atoms with Gasteiger partial charge in [0.1, 0.15) is 31.0 Å². The lowest BCUT2D eigenvalue weighted by molar-refractivity contribution is -0.148. The van der Waals surface area contributed by atoms with Gasteiger partial charge in [-0.1, -0.05) is 0 Å². The number of nitrogens with zero attached hydrogens (tertiary/aromatic N) is 3. The highest BCUT2D eigenvalue weighted by Crippen LogP contribution is 2.35. The van der Waals surface area contributed by atoms with Crippen molar-refractivity contribution in [3.05, 3.63) is 47.3 Å². The maximum absolute atomic E-state index is 13.2. The second kappa shape index (κ2) is 10.1. The zero-order chi connectivity index (χ0) is 26.0. The number of halogens is 3. The summed E-state index contributed by atoms with van der Waals surface area (Å²) < 4.78 is 56.5. The van der Waals surface area contributed by atoms with Crippen LogP contribution in [0.15, 0.2) is 30.3 Å². The van der Waals surface area contributed by atoms with Crippen LogP contribution in [-0.2, 0) is 22.3 Å². The molecule has 1 atom stereocenters. The first-order valence-electron chi connectivity index (χ1n) is 11.1. The molecule has 0 aliphatic carbocycles. The van der Waals surface area contributed by atoms with Gasteiger partial charge in [0.05, 0.1) is 18.2 Å². The van der Waals surface area contributed by atoms with Crippen molar-refractivity contribution in [1.82, 2.24) is 14.9 Å². The predicted octanol–water partition coefficient (Wildman–Crippen LogP) is 3.40. The number of methoxy groups -OCH3 is 1. The molecular formula is C24H26F3N5O4. The number of ether oxygens (including phenoxy) is 3. The number of likely N-dealkylation sites (N-methyl/N-ethyl adjacent to an activating group) is 1. The fourth-order valence-electron chi connectivity index (χ4n) is 3.87. The number of aromatic nitrogens is 2. The molecule has 9 nitrogen and oxygen atoms in total. The minimum atomic E-state index is -4.50. The topological polar surface area (TPSA) is 112 Å². The lowest BCUT2D eigenvalue weighted by atomic mass is 10.1. The molecule has 0 spiro atoms. The highest BCUT2D eigenvalue weighted by Gasteiger charge is 2.31. The molecule has 1 saturated heterocycles. The third-order valence-electron chi connectivity index (χ3n) is 5.67. The molecule has 192 valence electrons. The van der Waals surface area contributed by atoms with Crippen molar-refractivity contribution in [2.45, 2.75) is 25.7 Å². The van der Waals surface area contributed by atoms with Crippen LogP contribution in [0.4, 0.5) is 24.7 Å². The van der Waals surface area contributed by atoms with Crippen LogP contribution in [-0.4, -0.2) is 60.8 Å². The molecule has 1 aromatic heterocycles. The Labute approximate surface area is 205 Å². The van der Waals surface area contributed by atoms with Crippen LogP contribution in [0.3, 0.4) is 0 Å². The van der Waals surface area contributed by atoms with E-state index in [9.17, 15) is 18.0 Å². The second-order valence-corrected chi connectivity index (χ2v) is 8.47. The molecule has 2 aromatic carbocycles. The molecule has 4 rings (SSSR count). The van der Waals surface area contributed by atoms with E-state index < -0.39 is 11.7 Å². The van der Waals surface area contributed by atoms with E-state index in [4.69, 9.17) is 19.9 Å². The van der Waals surface area contributed by atoms with E-state index in [1.54, 1.807) is 31.0 Å². The molecule has 3 N–H and O–H groups in total. The van der Waals surface area contributed by atoms with Crippen molar-refractivity contribution in [3.63, 3.8) is 0 Å². The third-order valence-corrected chi connectivity index (χ3v) is 5.67. The molecule has 0 saturated carbocycles. The largest absolute Gasteiger partial charge is 0.493 e. The van der Waals surface area contributed by atoms with Crippen LogP contribution >= 0.6 is 0 Å². The van der Waals surface area contributed by atoms with Crippen LogP contribution in [0.2, 0.25) is 0 Å². The Morgan fingerprint density at radius 3 is 2.67 bits per heavy atom. The number of benzene rings is 2. The molecule has 36 heavy (non-hydrogen) atoms. The van der Waals surface area contributed by atoms with Gasteiger partial charge in [-0.05, 0) is 36.8 Å². The lowest BCUT2D eigenvalue weighted by Gasteiger charge is -2.29. The predicted molar refractivity (Wildman–Crippen MR) is 127 cm³/mol. The lowest BCUT2D eigenvalue weighted by Crippen LogP contribution is -2.46. The van der Waals surface area contributed by atoms with Crippen molar-refractivity contribution < 1.29 is 32.2 Å². The highest BCUT2D eigenvalue weighted by atomic mass is 19.4. The summed E-state index contributed by atoms with van der Waals surface area (Å²) in [5.41, 5.74) is 5.80. The average molecular weight is 505 g/mol. The Morgan fingerprint density at radius 1 is 1.19 bits per heavy atom. The van der Waals surface area contributed by atoms with Crippen molar-refractivity contribution in [1.29, 1.82) is 0 Å². The Balaban J connectivity index is 1.59. The first-order valence-corrected chi connectivity index (χ1v) is 11.1. The summed E-state index contributed by atoms with van der Waals surface area (Å²) in [7, 11) is 3.20. The number of alkyl halides is 3. The molecule has 12 heteroatoms.